The average Bonchev–Trinajstić information content (AvgIpc) is 2.43. The van der Waals surface area contributed by atoms with E-state index in [4.69, 9.17) is 37.4 Å². The van der Waals surface area contributed by atoms with E-state index >= 15 is 0 Å². The van der Waals surface area contributed by atoms with E-state index in [9.17, 15) is 0 Å². The van der Waals surface area contributed by atoms with Crippen LogP contribution >= 0.6 is 23.2 Å². The van der Waals surface area contributed by atoms with Crippen molar-refractivity contribution in [2.45, 2.75) is 0 Å². The van der Waals surface area contributed by atoms with Crippen LogP contribution < -0.4 is 19.5 Å². The van der Waals surface area contributed by atoms with Gasteiger partial charge in [-0.3, -0.25) is 0 Å². The third-order valence-electron chi connectivity index (χ3n) is 2.24. The lowest BCUT2D eigenvalue weighted by Crippen LogP contribution is -2.03. The summed E-state index contributed by atoms with van der Waals surface area (Å²) in [5.41, 5.74) is 2.10. The van der Waals surface area contributed by atoms with Crippen molar-refractivity contribution in [2.24, 2.45) is 0 Å². The molecule has 0 atom stereocenters. The molecule has 0 fully saturated rings. The summed E-state index contributed by atoms with van der Waals surface area (Å²) in [6.45, 7) is 0.420. The summed E-state index contributed by atoms with van der Waals surface area (Å²) in [6, 6.07) is 3.58. The van der Waals surface area contributed by atoms with Crippen molar-refractivity contribution >= 4 is 28.9 Å². The second kappa shape index (κ2) is 7.24. The third-order valence-corrected chi connectivity index (χ3v) is 2.86. The molecule has 0 amide bonds. The molecule has 1 aromatic carbocycles. The van der Waals surface area contributed by atoms with Gasteiger partial charge in [-0.25, -0.2) is 0 Å². The second-order valence-electron chi connectivity index (χ2n) is 3.32. The molecule has 0 heterocycles. The molecule has 0 aliphatic carbocycles. The fourth-order valence-electron chi connectivity index (χ4n) is 1.41. The number of anilines is 1. The number of ether oxygens (including phenoxy) is 3. The highest BCUT2D eigenvalue weighted by Crippen LogP contribution is 2.39. The summed E-state index contributed by atoms with van der Waals surface area (Å²) in [5, 5.41) is 3.60. The molecule has 0 aromatic heterocycles. The van der Waals surface area contributed by atoms with Gasteiger partial charge in [-0.15, -0.1) is 0 Å². The highest BCUT2D eigenvalue weighted by molar-refractivity contribution is 6.36. The van der Waals surface area contributed by atoms with Gasteiger partial charge in [-0.1, -0.05) is 23.2 Å². The summed E-state index contributed by atoms with van der Waals surface area (Å²) in [6.07, 6.45) is 0. The van der Waals surface area contributed by atoms with Crippen molar-refractivity contribution < 1.29 is 14.2 Å². The van der Waals surface area contributed by atoms with Crippen molar-refractivity contribution in [2.75, 3.05) is 33.2 Å². The van der Waals surface area contributed by atoms with Crippen LogP contribution in [0.25, 0.3) is 0 Å². The Labute approximate surface area is 116 Å². The van der Waals surface area contributed by atoms with Crippen LogP contribution in [0.15, 0.2) is 22.7 Å². The van der Waals surface area contributed by atoms with E-state index in [1.165, 1.54) is 5.54 Å². The first-order valence-electron chi connectivity index (χ1n) is 5.14. The smallest absolute Gasteiger partial charge is 0.203 e. The lowest BCUT2D eigenvalue weighted by molar-refractivity contribution is 0.324. The maximum Gasteiger partial charge on any atom is 0.203 e. The van der Waals surface area contributed by atoms with Gasteiger partial charge in [0.1, 0.15) is 0 Å². The molecule has 100 valence electrons. The van der Waals surface area contributed by atoms with Gasteiger partial charge in [-0.2, -0.15) is 0 Å². The average molecular weight is 292 g/mol. The Morgan fingerprint density at radius 1 is 1.17 bits per heavy atom. The van der Waals surface area contributed by atoms with E-state index in [1.807, 2.05) is 0 Å². The predicted octanol–water partition coefficient (Wildman–Crippen LogP) is 3.44. The van der Waals surface area contributed by atoms with Crippen LogP contribution in [-0.2, 0) is 0 Å². The number of hydrogen-bond acceptors (Lipinski definition) is 4. The van der Waals surface area contributed by atoms with E-state index in [0.29, 0.717) is 28.8 Å². The van der Waals surface area contributed by atoms with Crippen LogP contribution in [0, 0.1) is 0 Å². The van der Waals surface area contributed by atoms with Crippen LogP contribution in [0.4, 0.5) is 5.69 Å². The molecule has 1 aromatic rings. The molecule has 0 bridgehead atoms. The highest BCUT2D eigenvalue weighted by Gasteiger charge is 2.12. The van der Waals surface area contributed by atoms with Gasteiger partial charge >= 0.3 is 0 Å². The molecular weight excluding hydrogens is 277 g/mol. The molecule has 0 aliphatic rings. The van der Waals surface area contributed by atoms with Gasteiger partial charge in [0.2, 0.25) is 5.75 Å². The second-order valence-corrected chi connectivity index (χ2v) is 4.03. The first-order chi connectivity index (χ1) is 8.65. The Balaban J connectivity index is 3.00. The fourth-order valence-corrected chi connectivity index (χ4v) is 1.55. The van der Waals surface area contributed by atoms with Crippen LogP contribution in [0.2, 0.25) is 0 Å². The van der Waals surface area contributed by atoms with Gasteiger partial charge in [0.05, 0.1) is 27.9 Å². The minimum absolute atomic E-state index is 0.420. The lowest BCUT2D eigenvalue weighted by atomic mass is 10.2. The van der Waals surface area contributed by atoms with Crippen LogP contribution in [0.5, 0.6) is 17.2 Å². The summed E-state index contributed by atoms with van der Waals surface area (Å²) in [4.78, 5) is 0. The van der Waals surface area contributed by atoms with Gasteiger partial charge in [-0.05, 0) is 0 Å². The van der Waals surface area contributed by atoms with Crippen molar-refractivity contribution in [1.29, 1.82) is 0 Å². The molecule has 4 nitrogen and oxygen atoms in total. The number of rotatable bonds is 6. The standard InChI is InChI=1S/C12H15Cl2NO3/c1-16-10-4-9(15-7-8(14)6-13)5-11(17-2)12(10)18-3/h4-6,15H,7H2,1-3H3. The van der Waals surface area contributed by atoms with E-state index in [2.05, 4.69) is 5.32 Å². The number of methoxy groups -OCH3 is 3. The molecule has 6 heteroatoms. The zero-order valence-corrected chi connectivity index (χ0v) is 11.9. The summed E-state index contributed by atoms with van der Waals surface area (Å²) >= 11 is 11.3. The molecule has 0 unspecified atom stereocenters. The SMILES string of the molecule is COc1cc(NCC(Cl)=CCl)cc(OC)c1OC. The minimum Gasteiger partial charge on any atom is -0.493 e. The summed E-state index contributed by atoms with van der Waals surface area (Å²) < 4.78 is 15.7. The van der Waals surface area contributed by atoms with Crippen molar-refractivity contribution in [1.82, 2.24) is 0 Å². The molecule has 0 radical (unpaired) electrons. The van der Waals surface area contributed by atoms with Crippen molar-refractivity contribution in [3.63, 3.8) is 0 Å². The molecule has 1 N–H and O–H groups in total. The molecule has 0 aliphatic heterocycles. The van der Waals surface area contributed by atoms with Gasteiger partial charge in [0.15, 0.2) is 11.5 Å². The van der Waals surface area contributed by atoms with Crippen molar-refractivity contribution in [3.8, 4) is 17.2 Å². The number of benzene rings is 1. The van der Waals surface area contributed by atoms with Crippen LogP contribution in [0.1, 0.15) is 0 Å². The Hall–Kier alpha value is -1.26. The predicted molar refractivity (Wildman–Crippen MR) is 74.4 cm³/mol. The van der Waals surface area contributed by atoms with Gasteiger partial charge in [0, 0.05) is 28.4 Å². The van der Waals surface area contributed by atoms with E-state index in [0.717, 1.165) is 5.69 Å². The minimum atomic E-state index is 0.420. The summed E-state index contributed by atoms with van der Waals surface area (Å²) in [5.74, 6) is 1.69. The summed E-state index contributed by atoms with van der Waals surface area (Å²) in [7, 11) is 4.68. The molecule has 1 rings (SSSR count). The first kappa shape index (κ1) is 14.8. The van der Waals surface area contributed by atoms with Crippen LogP contribution in [0.3, 0.4) is 0 Å². The topological polar surface area (TPSA) is 39.7 Å². The monoisotopic (exact) mass is 291 g/mol. The van der Waals surface area contributed by atoms with Crippen molar-refractivity contribution in [3.05, 3.63) is 22.7 Å². The molecular formula is C12H15Cl2NO3. The Morgan fingerprint density at radius 3 is 2.11 bits per heavy atom. The molecule has 0 saturated carbocycles. The largest absolute Gasteiger partial charge is 0.493 e. The van der Waals surface area contributed by atoms with Crippen LogP contribution in [-0.4, -0.2) is 27.9 Å². The normalized spacial score (nSPS) is 11.1. The maximum absolute atomic E-state index is 5.80. The van der Waals surface area contributed by atoms with E-state index in [-0.39, 0.29) is 0 Å². The Bertz CT molecular complexity index is 410. The number of hydrogen-bond donors (Lipinski definition) is 1. The fraction of sp³-hybridized carbons (Fsp3) is 0.333. The van der Waals surface area contributed by atoms with Gasteiger partial charge < -0.3 is 19.5 Å². The number of halogens is 2. The lowest BCUT2D eigenvalue weighted by Gasteiger charge is -2.14. The molecule has 0 spiro atoms. The third kappa shape index (κ3) is 3.62. The zero-order valence-electron chi connectivity index (χ0n) is 10.4. The first-order valence-corrected chi connectivity index (χ1v) is 5.96. The zero-order chi connectivity index (χ0) is 13.5. The Kier molecular flexibility index (Phi) is 5.95. The quantitative estimate of drug-likeness (QED) is 0.871. The van der Waals surface area contributed by atoms with Gasteiger partial charge in [0.25, 0.3) is 0 Å². The number of nitrogens with one attached hydrogen (secondary N) is 1. The maximum atomic E-state index is 5.80. The molecule has 0 saturated heterocycles. The van der Waals surface area contributed by atoms with E-state index in [1.54, 1.807) is 33.5 Å². The molecule has 18 heavy (non-hydrogen) atoms. The highest BCUT2D eigenvalue weighted by atomic mass is 35.5. The Morgan fingerprint density at radius 2 is 1.72 bits per heavy atom. The van der Waals surface area contributed by atoms with E-state index < -0.39 is 0 Å².